The molecule has 1 N–H and O–H groups in total. The number of nitrogens with one attached hydrogen (secondary N) is 1. The first-order chi connectivity index (χ1) is 14.0. The summed E-state index contributed by atoms with van der Waals surface area (Å²) in [5, 5.41) is 4.69. The van der Waals surface area contributed by atoms with E-state index in [9.17, 15) is 4.79 Å². The Morgan fingerprint density at radius 3 is 2.55 bits per heavy atom. The molecule has 0 fully saturated rings. The predicted octanol–water partition coefficient (Wildman–Crippen LogP) is 6.14. The molecule has 148 valence electrons. The van der Waals surface area contributed by atoms with Crippen LogP contribution in [0.15, 0.2) is 80.8 Å². The number of hydrazone groups is 1. The topological polar surface area (TPSA) is 50.7 Å². The molecule has 0 radical (unpaired) electrons. The summed E-state index contributed by atoms with van der Waals surface area (Å²) >= 11 is 13.0. The summed E-state index contributed by atoms with van der Waals surface area (Å²) in [6, 6.07) is 20.7. The molecule has 3 rings (SSSR count). The lowest BCUT2D eigenvalue weighted by Crippen LogP contribution is -2.19. The third-order valence-corrected chi connectivity index (χ3v) is 5.49. The Morgan fingerprint density at radius 2 is 1.83 bits per heavy atom. The van der Waals surface area contributed by atoms with E-state index in [0.717, 1.165) is 25.6 Å². The summed E-state index contributed by atoms with van der Waals surface area (Å²) in [5.74, 6) is 0.517. The van der Waals surface area contributed by atoms with Crippen LogP contribution in [0, 0.1) is 0 Å². The van der Waals surface area contributed by atoms with Crippen molar-refractivity contribution >= 4 is 55.6 Å². The first kappa shape index (κ1) is 21.6. The van der Waals surface area contributed by atoms with E-state index in [1.807, 2.05) is 66.7 Å². The van der Waals surface area contributed by atoms with Gasteiger partial charge in [-0.25, -0.2) is 5.43 Å². The van der Waals surface area contributed by atoms with Crippen molar-refractivity contribution in [1.82, 2.24) is 5.43 Å². The number of carbonyl (C=O) groups excluding carboxylic acids is 1. The number of halogens is 3. The van der Waals surface area contributed by atoms with Gasteiger partial charge in [-0.1, -0.05) is 57.9 Å². The third-order valence-electron chi connectivity index (χ3n) is 3.98. The standard InChI is InChI=1S/C22H17Br2ClN2O2/c23-18-8-5-15(6-9-18)12-22(28)27-26-13-16-7-10-21(19(24)11-16)29-14-17-3-1-2-4-20(17)25/h1-11,13H,12,14H2,(H,27,28)/b26-13-. The van der Waals surface area contributed by atoms with Crippen LogP contribution in [0.1, 0.15) is 16.7 Å². The molecule has 4 nitrogen and oxygen atoms in total. The van der Waals surface area contributed by atoms with Crippen LogP contribution in [-0.4, -0.2) is 12.1 Å². The van der Waals surface area contributed by atoms with Gasteiger partial charge < -0.3 is 4.74 Å². The molecule has 1 amide bonds. The van der Waals surface area contributed by atoms with Gasteiger partial charge in [-0.2, -0.15) is 5.10 Å². The molecule has 0 saturated heterocycles. The first-order valence-corrected chi connectivity index (χ1v) is 10.7. The number of rotatable bonds is 7. The van der Waals surface area contributed by atoms with Gasteiger partial charge in [0.25, 0.3) is 0 Å². The fraction of sp³-hybridized carbons (Fsp3) is 0.0909. The highest BCUT2D eigenvalue weighted by Crippen LogP contribution is 2.27. The van der Waals surface area contributed by atoms with E-state index in [-0.39, 0.29) is 12.3 Å². The smallest absolute Gasteiger partial charge is 0.244 e. The summed E-state index contributed by atoms with van der Waals surface area (Å²) in [6.07, 6.45) is 1.85. The lowest BCUT2D eigenvalue weighted by molar-refractivity contribution is -0.120. The fourth-order valence-electron chi connectivity index (χ4n) is 2.49. The van der Waals surface area contributed by atoms with Crippen molar-refractivity contribution in [2.45, 2.75) is 13.0 Å². The van der Waals surface area contributed by atoms with Gasteiger partial charge in [0.2, 0.25) is 5.91 Å². The fourth-order valence-corrected chi connectivity index (χ4v) is 3.46. The normalized spacial score (nSPS) is 10.9. The quantitative estimate of drug-likeness (QED) is 0.292. The summed E-state index contributed by atoms with van der Waals surface area (Å²) in [7, 11) is 0. The molecule has 29 heavy (non-hydrogen) atoms. The molecule has 0 aliphatic heterocycles. The molecule has 0 aromatic heterocycles. The minimum absolute atomic E-state index is 0.178. The molecule has 0 aliphatic rings. The Balaban J connectivity index is 1.53. The molecule has 7 heteroatoms. The predicted molar refractivity (Wildman–Crippen MR) is 124 cm³/mol. The highest BCUT2D eigenvalue weighted by Gasteiger charge is 2.05. The zero-order valence-corrected chi connectivity index (χ0v) is 19.2. The second kappa shape index (κ2) is 10.6. The first-order valence-electron chi connectivity index (χ1n) is 8.73. The van der Waals surface area contributed by atoms with E-state index >= 15 is 0 Å². The van der Waals surface area contributed by atoms with Crippen molar-refractivity contribution in [2.24, 2.45) is 5.10 Å². The van der Waals surface area contributed by atoms with Crippen molar-refractivity contribution in [3.63, 3.8) is 0 Å². The van der Waals surface area contributed by atoms with Crippen LogP contribution in [0.4, 0.5) is 0 Å². The SMILES string of the molecule is O=C(Cc1ccc(Br)cc1)N/N=C\c1ccc(OCc2ccccc2Cl)c(Br)c1. The number of nitrogens with zero attached hydrogens (tertiary/aromatic N) is 1. The molecule has 0 heterocycles. The van der Waals surface area contributed by atoms with Crippen molar-refractivity contribution in [3.05, 3.63) is 97.4 Å². The van der Waals surface area contributed by atoms with Crippen LogP contribution in [0.3, 0.4) is 0 Å². The average molecular weight is 537 g/mol. The third kappa shape index (κ3) is 6.70. The van der Waals surface area contributed by atoms with Gasteiger partial charge in [0.05, 0.1) is 17.1 Å². The Kier molecular flexibility index (Phi) is 7.86. The maximum atomic E-state index is 12.0. The van der Waals surface area contributed by atoms with Crippen LogP contribution >= 0.6 is 43.5 Å². The molecule has 0 saturated carbocycles. The van der Waals surface area contributed by atoms with Crippen molar-refractivity contribution in [2.75, 3.05) is 0 Å². The number of benzene rings is 3. The summed E-state index contributed by atoms with van der Waals surface area (Å²) < 4.78 is 7.59. The van der Waals surface area contributed by atoms with E-state index in [1.54, 1.807) is 6.21 Å². The van der Waals surface area contributed by atoms with E-state index in [0.29, 0.717) is 17.4 Å². The molecule has 3 aromatic carbocycles. The zero-order valence-electron chi connectivity index (χ0n) is 15.2. The summed E-state index contributed by atoms with van der Waals surface area (Å²) in [4.78, 5) is 12.0. The maximum absolute atomic E-state index is 12.0. The van der Waals surface area contributed by atoms with Gasteiger partial charge in [-0.15, -0.1) is 0 Å². The Bertz CT molecular complexity index is 1020. The van der Waals surface area contributed by atoms with E-state index < -0.39 is 0 Å². The highest BCUT2D eigenvalue weighted by molar-refractivity contribution is 9.10. The Morgan fingerprint density at radius 1 is 1.07 bits per heavy atom. The zero-order chi connectivity index (χ0) is 20.6. The number of carbonyl (C=O) groups is 1. The Hall–Kier alpha value is -2.15. The minimum Gasteiger partial charge on any atom is -0.488 e. The van der Waals surface area contributed by atoms with Crippen LogP contribution in [0.2, 0.25) is 5.02 Å². The minimum atomic E-state index is -0.178. The van der Waals surface area contributed by atoms with Crippen molar-refractivity contribution in [3.8, 4) is 5.75 Å². The van der Waals surface area contributed by atoms with Crippen LogP contribution in [-0.2, 0) is 17.8 Å². The van der Waals surface area contributed by atoms with Gasteiger partial charge in [-0.05, 0) is 63.5 Å². The molecular formula is C22H17Br2ClN2O2. The molecule has 0 bridgehead atoms. The summed E-state index contributed by atoms with van der Waals surface area (Å²) in [5.41, 5.74) is 5.20. The van der Waals surface area contributed by atoms with E-state index in [2.05, 4.69) is 42.4 Å². The van der Waals surface area contributed by atoms with Crippen molar-refractivity contribution < 1.29 is 9.53 Å². The average Bonchev–Trinajstić information content (AvgIpc) is 2.70. The molecule has 0 unspecified atom stereocenters. The van der Waals surface area contributed by atoms with E-state index in [4.69, 9.17) is 16.3 Å². The highest BCUT2D eigenvalue weighted by atomic mass is 79.9. The van der Waals surface area contributed by atoms with Crippen molar-refractivity contribution in [1.29, 1.82) is 0 Å². The molecule has 0 spiro atoms. The lowest BCUT2D eigenvalue weighted by Gasteiger charge is -2.10. The number of amides is 1. The van der Waals surface area contributed by atoms with Crippen LogP contribution < -0.4 is 10.2 Å². The van der Waals surface area contributed by atoms with Crippen LogP contribution in [0.25, 0.3) is 0 Å². The summed E-state index contributed by atoms with van der Waals surface area (Å²) in [6.45, 7) is 0.373. The second-order valence-corrected chi connectivity index (χ2v) is 8.34. The lowest BCUT2D eigenvalue weighted by atomic mass is 10.1. The maximum Gasteiger partial charge on any atom is 0.244 e. The van der Waals surface area contributed by atoms with Gasteiger partial charge >= 0.3 is 0 Å². The molecule has 0 aliphatic carbocycles. The number of hydrogen-bond acceptors (Lipinski definition) is 3. The molecular weight excluding hydrogens is 520 g/mol. The molecule has 3 aromatic rings. The molecule has 0 atom stereocenters. The van der Waals surface area contributed by atoms with Gasteiger partial charge in [0, 0.05) is 15.1 Å². The Labute approximate surface area is 191 Å². The van der Waals surface area contributed by atoms with Gasteiger partial charge in [0.15, 0.2) is 0 Å². The van der Waals surface area contributed by atoms with Crippen LogP contribution in [0.5, 0.6) is 5.75 Å². The number of hydrogen-bond donors (Lipinski definition) is 1. The number of ether oxygens (including phenoxy) is 1. The second-order valence-electron chi connectivity index (χ2n) is 6.17. The largest absolute Gasteiger partial charge is 0.488 e. The monoisotopic (exact) mass is 534 g/mol. The van der Waals surface area contributed by atoms with E-state index in [1.165, 1.54) is 0 Å². The van der Waals surface area contributed by atoms with Gasteiger partial charge in [-0.3, -0.25) is 4.79 Å². The van der Waals surface area contributed by atoms with Gasteiger partial charge in [0.1, 0.15) is 12.4 Å².